The first kappa shape index (κ1) is 14.8. The monoisotopic (exact) mass is 308 g/mol. The van der Waals surface area contributed by atoms with E-state index in [1.54, 1.807) is 0 Å². The van der Waals surface area contributed by atoms with Crippen LogP contribution in [-0.2, 0) is 6.61 Å². The molecule has 0 aliphatic heterocycles. The van der Waals surface area contributed by atoms with Crippen molar-refractivity contribution in [1.82, 2.24) is 15.4 Å². The molecule has 3 N–H and O–H groups in total. The highest BCUT2D eigenvalue weighted by molar-refractivity contribution is 5.97. The van der Waals surface area contributed by atoms with Crippen LogP contribution in [0.4, 0.5) is 0 Å². The number of nitrogens with two attached hydrogens (primary N) is 1. The van der Waals surface area contributed by atoms with Crippen molar-refractivity contribution in [3.63, 3.8) is 0 Å². The molecule has 1 heterocycles. The minimum Gasteiger partial charge on any atom is -0.488 e. The number of aromatic nitrogens is 3. The first-order valence-corrected chi connectivity index (χ1v) is 7.13. The SMILES string of the molecule is Cc1cccc(COc2ccccc2-c2n[nH]nc2C(N)=O)c1. The third-order valence-corrected chi connectivity index (χ3v) is 3.40. The van der Waals surface area contributed by atoms with Gasteiger partial charge in [-0.25, -0.2) is 0 Å². The highest BCUT2D eigenvalue weighted by Crippen LogP contribution is 2.30. The van der Waals surface area contributed by atoms with Crippen LogP contribution in [0.2, 0.25) is 0 Å². The Bertz CT molecular complexity index is 842. The highest BCUT2D eigenvalue weighted by atomic mass is 16.5. The summed E-state index contributed by atoms with van der Waals surface area (Å²) in [7, 11) is 0. The van der Waals surface area contributed by atoms with Gasteiger partial charge in [0.05, 0.1) is 0 Å². The maximum absolute atomic E-state index is 11.4. The third kappa shape index (κ3) is 3.21. The van der Waals surface area contributed by atoms with Gasteiger partial charge in [-0.3, -0.25) is 4.79 Å². The van der Waals surface area contributed by atoms with Gasteiger partial charge in [-0.2, -0.15) is 15.4 Å². The molecule has 3 aromatic rings. The van der Waals surface area contributed by atoms with Gasteiger partial charge < -0.3 is 10.5 Å². The van der Waals surface area contributed by atoms with Gasteiger partial charge >= 0.3 is 0 Å². The summed E-state index contributed by atoms with van der Waals surface area (Å²) >= 11 is 0. The number of benzene rings is 2. The van der Waals surface area contributed by atoms with E-state index in [-0.39, 0.29) is 5.69 Å². The van der Waals surface area contributed by atoms with E-state index in [1.807, 2.05) is 49.4 Å². The number of aryl methyl sites for hydroxylation is 1. The maximum atomic E-state index is 11.4. The molecule has 0 saturated carbocycles. The van der Waals surface area contributed by atoms with Crippen molar-refractivity contribution >= 4 is 5.91 Å². The van der Waals surface area contributed by atoms with E-state index in [2.05, 4.69) is 21.5 Å². The molecule has 0 aliphatic rings. The molecule has 0 fully saturated rings. The lowest BCUT2D eigenvalue weighted by Crippen LogP contribution is -2.13. The van der Waals surface area contributed by atoms with Crippen molar-refractivity contribution in [3.05, 3.63) is 65.4 Å². The molecule has 0 atom stereocenters. The van der Waals surface area contributed by atoms with Crippen LogP contribution in [0, 0.1) is 6.92 Å². The molecule has 1 aromatic heterocycles. The van der Waals surface area contributed by atoms with E-state index < -0.39 is 5.91 Å². The molecular weight excluding hydrogens is 292 g/mol. The van der Waals surface area contributed by atoms with Gasteiger partial charge in [0.1, 0.15) is 18.1 Å². The Morgan fingerprint density at radius 2 is 2.00 bits per heavy atom. The molecule has 0 aliphatic carbocycles. The minimum absolute atomic E-state index is 0.0941. The summed E-state index contributed by atoms with van der Waals surface area (Å²) in [6.07, 6.45) is 0. The zero-order chi connectivity index (χ0) is 16.2. The molecule has 3 rings (SSSR count). The smallest absolute Gasteiger partial charge is 0.271 e. The van der Waals surface area contributed by atoms with Crippen LogP contribution in [0.15, 0.2) is 48.5 Å². The Morgan fingerprint density at radius 1 is 1.17 bits per heavy atom. The summed E-state index contributed by atoms with van der Waals surface area (Å²) in [4.78, 5) is 11.4. The lowest BCUT2D eigenvalue weighted by molar-refractivity contribution is 0.0996. The first-order chi connectivity index (χ1) is 11.1. The van der Waals surface area contributed by atoms with Crippen LogP contribution >= 0.6 is 0 Å². The quantitative estimate of drug-likeness (QED) is 0.757. The molecule has 1 amide bonds. The van der Waals surface area contributed by atoms with E-state index in [9.17, 15) is 4.79 Å². The Kier molecular flexibility index (Phi) is 4.05. The summed E-state index contributed by atoms with van der Waals surface area (Å²) in [5.74, 6) is -0.0207. The summed E-state index contributed by atoms with van der Waals surface area (Å²) in [5.41, 5.74) is 8.71. The number of carbonyl (C=O) groups is 1. The Hall–Kier alpha value is -3.15. The average Bonchev–Trinajstić information content (AvgIpc) is 3.03. The number of nitrogens with one attached hydrogen (secondary N) is 1. The standard InChI is InChI=1S/C17H16N4O2/c1-11-5-4-6-12(9-11)10-23-14-8-3-2-7-13(14)15-16(17(18)22)20-21-19-15/h2-9H,10H2,1H3,(H2,18,22)(H,19,20,21). The number of amides is 1. The second-order valence-corrected chi connectivity index (χ2v) is 5.16. The number of rotatable bonds is 5. The molecule has 0 unspecified atom stereocenters. The largest absolute Gasteiger partial charge is 0.488 e. The van der Waals surface area contributed by atoms with E-state index >= 15 is 0 Å². The lowest BCUT2D eigenvalue weighted by Gasteiger charge is -2.11. The molecule has 0 radical (unpaired) electrons. The normalized spacial score (nSPS) is 10.5. The van der Waals surface area contributed by atoms with E-state index in [0.29, 0.717) is 23.6 Å². The number of H-pyrrole nitrogens is 1. The van der Waals surface area contributed by atoms with Crippen molar-refractivity contribution < 1.29 is 9.53 Å². The number of primary amides is 1. The average molecular weight is 308 g/mol. The van der Waals surface area contributed by atoms with Crippen molar-refractivity contribution in [3.8, 4) is 17.0 Å². The molecular formula is C17H16N4O2. The summed E-state index contributed by atoms with van der Waals surface area (Å²) in [6.45, 7) is 2.45. The number of hydrogen-bond donors (Lipinski definition) is 2. The van der Waals surface area contributed by atoms with Crippen molar-refractivity contribution in [2.75, 3.05) is 0 Å². The van der Waals surface area contributed by atoms with Crippen LogP contribution in [0.3, 0.4) is 0 Å². The topological polar surface area (TPSA) is 93.9 Å². The summed E-state index contributed by atoms with van der Waals surface area (Å²) in [5, 5.41) is 10.2. The molecule has 0 spiro atoms. The van der Waals surface area contributed by atoms with Crippen molar-refractivity contribution in [2.24, 2.45) is 5.73 Å². The Balaban J connectivity index is 1.89. The number of para-hydroxylation sites is 1. The Morgan fingerprint density at radius 3 is 2.78 bits per heavy atom. The highest BCUT2D eigenvalue weighted by Gasteiger charge is 2.18. The fourth-order valence-corrected chi connectivity index (χ4v) is 2.34. The van der Waals surface area contributed by atoms with Gasteiger partial charge in [-0.15, -0.1) is 0 Å². The summed E-state index contributed by atoms with van der Waals surface area (Å²) in [6, 6.07) is 15.4. The predicted molar refractivity (Wildman–Crippen MR) is 85.8 cm³/mol. The third-order valence-electron chi connectivity index (χ3n) is 3.40. The molecule has 116 valence electrons. The zero-order valence-electron chi connectivity index (χ0n) is 12.6. The van der Waals surface area contributed by atoms with Crippen molar-refractivity contribution in [1.29, 1.82) is 0 Å². The number of aromatic amines is 1. The second-order valence-electron chi connectivity index (χ2n) is 5.16. The molecule has 2 aromatic carbocycles. The van der Waals surface area contributed by atoms with Crippen LogP contribution in [0.1, 0.15) is 21.6 Å². The van der Waals surface area contributed by atoms with Crippen LogP contribution in [0.25, 0.3) is 11.3 Å². The number of hydrogen-bond acceptors (Lipinski definition) is 4. The number of carbonyl (C=O) groups excluding carboxylic acids is 1. The van der Waals surface area contributed by atoms with E-state index in [0.717, 1.165) is 5.56 Å². The fourth-order valence-electron chi connectivity index (χ4n) is 2.34. The van der Waals surface area contributed by atoms with E-state index in [1.165, 1.54) is 5.56 Å². The van der Waals surface area contributed by atoms with Crippen LogP contribution in [-0.4, -0.2) is 21.3 Å². The zero-order valence-corrected chi connectivity index (χ0v) is 12.6. The second kappa shape index (κ2) is 6.31. The van der Waals surface area contributed by atoms with Gasteiger partial charge in [0.25, 0.3) is 5.91 Å². The minimum atomic E-state index is -0.637. The van der Waals surface area contributed by atoms with E-state index in [4.69, 9.17) is 10.5 Å². The van der Waals surface area contributed by atoms with Gasteiger partial charge in [-0.1, -0.05) is 42.0 Å². The lowest BCUT2D eigenvalue weighted by atomic mass is 10.1. The molecule has 0 bridgehead atoms. The van der Waals surface area contributed by atoms with Crippen molar-refractivity contribution in [2.45, 2.75) is 13.5 Å². The Labute approximate surface area is 133 Å². The van der Waals surface area contributed by atoms with Gasteiger partial charge in [0, 0.05) is 5.56 Å². The van der Waals surface area contributed by atoms with Crippen LogP contribution < -0.4 is 10.5 Å². The van der Waals surface area contributed by atoms with Gasteiger partial charge in [0.15, 0.2) is 5.69 Å². The van der Waals surface area contributed by atoms with Gasteiger partial charge in [-0.05, 0) is 24.6 Å². The molecule has 6 nitrogen and oxygen atoms in total. The predicted octanol–water partition coefficient (Wildman–Crippen LogP) is 2.46. The number of ether oxygens (including phenoxy) is 1. The first-order valence-electron chi connectivity index (χ1n) is 7.13. The molecule has 6 heteroatoms. The van der Waals surface area contributed by atoms with Gasteiger partial charge in [0.2, 0.25) is 0 Å². The summed E-state index contributed by atoms with van der Waals surface area (Å²) < 4.78 is 5.90. The fraction of sp³-hybridized carbons (Fsp3) is 0.118. The number of nitrogens with zero attached hydrogens (tertiary/aromatic N) is 2. The molecule has 23 heavy (non-hydrogen) atoms. The maximum Gasteiger partial charge on any atom is 0.271 e. The van der Waals surface area contributed by atoms with Crippen LogP contribution in [0.5, 0.6) is 5.75 Å². The molecule has 0 saturated heterocycles.